The number of carbonyl (C=O) groups is 1. The van der Waals surface area contributed by atoms with Crippen molar-refractivity contribution in [1.29, 1.82) is 0 Å². The molecule has 8 heteroatoms. The first kappa shape index (κ1) is 21.3. The summed E-state index contributed by atoms with van der Waals surface area (Å²) >= 11 is 0. The molecule has 0 bridgehead atoms. The number of aryl methyl sites for hydroxylation is 2. The van der Waals surface area contributed by atoms with Gasteiger partial charge in [0.1, 0.15) is 11.4 Å². The lowest BCUT2D eigenvalue weighted by atomic mass is 10.0. The molecular weight excluding hydrogens is 416 g/mol. The van der Waals surface area contributed by atoms with E-state index in [0.29, 0.717) is 24.6 Å². The van der Waals surface area contributed by atoms with Crippen molar-refractivity contribution in [3.63, 3.8) is 0 Å². The fourth-order valence-electron chi connectivity index (χ4n) is 4.37. The third kappa shape index (κ3) is 4.66. The van der Waals surface area contributed by atoms with Crippen LogP contribution in [0.3, 0.4) is 0 Å². The van der Waals surface area contributed by atoms with Gasteiger partial charge in [-0.05, 0) is 54.2 Å². The van der Waals surface area contributed by atoms with Crippen molar-refractivity contribution < 1.29 is 9.53 Å². The van der Waals surface area contributed by atoms with Crippen molar-refractivity contribution in [3.05, 3.63) is 65.7 Å². The maximum absolute atomic E-state index is 12.9. The van der Waals surface area contributed by atoms with Gasteiger partial charge in [0.15, 0.2) is 0 Å². The van der Waals surface area contributed by atoms with Gasteiger partial charge in [0.05, 0.1) is 16.7 Å². The Bertz CT molecular complexity index is 1270. The van der Waals surface area contributed by atoms with Crippen LogP contribution in [0.1, 0.15) is 34.5 Å². The Morgan fingerprint density at radius 1 is 1.12 bits per heavy atom. The number of fused-ring (bicyclic) bond motifs is 1. The molecule has 8 nitrogen and oxygen atoms in total. The Morgan fingerprint density at radius 3 is 2.70 bits per heavy atom. The van der Waals surface area contributed by atoms with Gasteiger partial charge in [-0.25, -0.2) is 4.98 Å². The van der Waals surface area contributed by atoms with Crippen molar-refractivity contribution in [2.24, 2.45) is 20.0 Å². The fourth-order valence-corrected chi connectivity index (χ4v) is 4.37. The summed E-state index contributed by atoms with van der Waals surface area (Å²) in [5.41, 5.74) is 6.11. The average Bonchev–Trinajstić information content (AvgIpc) is 3.44. The zero-order valence-electron chi connectivity index (χ0n) is 19.0. The minimum absolute atomic E-state index is 0.128. The first-order valence-electron chi connectivity index (χ1n) is 11.3. The number of hydrogen-bond donors (Lipinski definition) is 1. The number of aromatic nitrogens is 5. The van der Waals surface area contributed by atoms with Gasteiger partial charge >= 0.3 is 0 Å². The van der Waals surface area contributed by atoms with Crippen molar-refractivity contribution in [2.45, 2.75) is 19.3 Å². The lowest BCUT2D eigenvalue weighted by Gasteiger charge is -2.22. The monoisotopic (exact) mass is 444 g/mol. The predicted molar refractivity (Wildman–Crippen MR) is 126 cm³/mol. The summed E-state index contributed by atoms with van der Waals surface area (Å²) in [4.78, 5) is 22.1. The van der Waals surface area contributed by atoms with Crippen LogP contribution >= 0.6 is 0 Å². The minimum Gasteiger partial charge on any atom is -0.381 e. The average molecular weight is 445 g/mol. The number of ether oxygens (including phenoxy) is 1. The molecule has 1 amide bonds. The molecule has 0 aromatic carbocycles. The Hall–Kier alpha value is -3.52. The van der Waals surface area contributed by atoms with Crippen LogP contribution in [0.5, 0.6) is 0 Å². The Morgan fingerprint density at radius 2 is 1.97 bits per heavy atom. The molecule has 0 unspecified atom stereocenters. The van der Waals surface area contributed by atoms with Crippen LogP contribution in [-0.4, -0.2) is 50.0 Å². The van der Waals surface area contributed by atoms with E-state index in [1.165, 1.54) is 0 Å². The molecule has 0 aliphatic carbocycles. The van der Waals surface area contributed by atoms with Crippen LogP contribution < -0.4 is 5.32 Å². The smallest absolute Gasteiger partial charge is 0.269 e. The number of nitrogens with one attached hydrogen (secondary N) is 1. The summed E-state index contributed by atoms with van der Waals surface area (Å²) in [5.74, 6) is 0.337. The molecule has 0 radical (unpaired) electrons. The van der Waals surface area contributed by atoms with Crippen molar-refractivity contribution in [1.82, 2.24) is 29.6 Å². The highest BCUT2D eigenvalue weighted by atomic mass is 16.5. The van der Waals surface area contributed by atoms with E-state index in [1.807, 2.05) is 57.0 Å². The van der Waals surface area contributed by atoms with E-state index < -0.39 is 0 Å². The van der Waals surface area contributed by atoms with E-state index in [2.05, 4.69) is 31.0 Å². The summed E-state index contributed by atoms with van der Waals surface area (Å²) in [7, 11) is 3.89. The highest BCUT2D eigenvalue weighted by Crippen LogP contribution is 2.23. The molecular formula is C25H28N6O2. The van der Waals surface area contributed by atoms with E-state index in [1.54, 1.807) is 4.68 Å². The molecule has 1 saturated heterocycles. The first-order chi connectivity index (χ1) is 16.1. The summed E-state index contributed by atoms with van der Waals surface area (Å²) < 4.78 is 9.23. The second kappa shape index (κ2) is 9.15. The maximum atomic E-state index is 12.9. The standard InChI is InChI=1S/C25H28N6O2/c1-30-9-5-22-24(30)19(13-18-3-4-20(26-16-18)21-6-10-31(2)29-21)14-23(28-22)25(32)27-15-17-7-11-33-12-8-17/h3-6,9-10,14,16-17H,7-8,11-13,15H2,1-2H3,(H,27,32). The number of amides is 1. The van der Waals surface area contributed by atoms with Gasteiger partial charge in [-0.1, -0.05) is 6.07 Å². The number of pyridine rings is 2. The van der Waals surface area contributed by atoms with Gasteiger partial charge in [0.25, 0.3) is 5.91 Å². The molecule has 5 heterocycles. The lowest BCUT2D eigenvalue weighted by Crippen LogP contribution is -2.32. The second-order valence-electron chi connectivity index (χ2n) is 8.70. The zero-order chi connectivity index (χ0) is 22.8. The van der Waals surface area contributed by atoms with E-state index in [4.69, 9.17) is 4.74 Å². The van der Waals surface area contributed by atoms with E-state index >= 15 is 0 Å². The Kier molecular flexibility index (Phi) is 5.92. The Labute approximate surface area is 192 Å². The van der Waals surface area contributed by atoms with Gasteiger partial charge in [0.2, 0.25) is 0 Å². The molecule has 0 spiro atoms. The summed E-state index contributed by atoms with van der Waals surface area (Å²) in [6.45, 7) is 2.20. The van der Waals surface area contributed by atoms with Crippen LogP contribution in [0, 0.1) is 5.92 Å². The number of hydrogen-bond acceptors (Lipinski definition) is 5. The molecule has 170 valence electrons. The lowest BCUT2D eigenvalue weighted by molar-refractivity contribution is 0.0642. The van der Waals surface area contributed by atoms with E-state index in [9.17, 15) is 4.79 Å². The normalized spacial score (nSPS) is 14.6. The van der Waals surface area contributed by atoms with Gasteiger partial charge in [0, 0.05) is 58.9 Å². The van der Waals surface area contributed by atoms with Crippen LogP contribution in [0.25, 0.3) is 22.4 Å². The summed E-state index contributed by atoms with van der Waals surface area (Å²) in [6, 6.07) is 9.87. The number of rotatable bonds is 6. The molecule has 4 aromatic heterocycles. The molecule has 1 fully saturated rings. The molecule has 1 aliphatic heterocycles. The first-order valence-corrected chi connectivity index (χ1v) is 11.3. The van der Waals surface area contributed by atoms with Gasteiger partial charge in [-0.3, -0.25) is 14.5 Å². The van der Waals surface area contributed by atoms with Crippen LogP contribution in [-0.2, 0) is 25.3 Å². The third-order valence-corrected chi connectivity index (χ3v) is 6.23. The molecule has 4 aromatic rings. The molecule has 1 aliphatic rings. The van der Waals surface area contributed by atoms with Gasteiger partial charge < -0.3 is 14.6 Å². The molecule has 0 atom stereocenters. The maximum Gasteiger partial charge on any atom is 0.269 e. The van der Waals surface area contributed by atoms with Gasteiger partial charge in [-0.15, -0.1) is 0 Å². The summed E-state index contributed by atoms with van der Waals surface area (Å²) in [5, 5.41) is 7.49. The zero-order valence-corrected chi connectivity index (χ0v) is 19.0. The van der Waals surface area contributed by atoms with Crippen LogP contribution in [0.15, 0.2) is 48.9 Å². The predicted octanol–water partition coefficient (Wildman–Crippen LogP) is 3.12. The van der Waals surface area contributed by atoms with Crippen molar-refractivity contribution >= 4 is 16.9 Å². The number of carbonyl (C=O) groups excluding carboxylic acids is 1. The largest absolute Gasteiger partial charge is 0.381 e. The highest BCUT2D eigenvalue weighted by molar-refractivity contribution is 5.95. The quantitative estimate of drug-likeness (QED) is 0.494. The van der Waals surface area contributed by atoms with Crippen molar-refractivity contribution in [2.75, 3.05) is 19.8 Å². The highest BCUT2D eigenvalue weighted by Gasteiger charge is 2.18. The molecule has 1 N–H and O–H groups in total. The third-order valence-electron chi connectivity index (χ3n) is 6.23. The van der Waals surface area contributed by atoms with E-state index in [0.717, 1.165) is 59.6 Å². The van der Waals surface area contributed by atoms with Crippen molar-refractivity contribution in [3.8, 4) is 11.4 Å². The fraction of sp³-hybridized carbons (Fsp3) is 0.360. The van der Waals surface area contributed by atoms with Gasteiger partial charge in [-0.2, -0.15) is 5.10 Å². The minimum atomic E-state index is -0.128. The van der Waals surface area contributed by atoms with Crippen LogP contribution in [0.4, 0.5) is 0 Å². The second-order valence-corrected chi connectivity index (χ2v) is 8.70. The molecule has 5 rings (SSSR count). The Balaban J connectivity index is 1.37. The SMILES string of the molecule is Cn1ccc(-c2ccc(Cc3cc(C(=O)NCC4CCOCC4)nc4ccn(C)c34)cn2)n1. The summed E-state index contributed by atoms with van der Waals surface area (Å²) in [6.07, 6.45) is 8.39. The van der Waals surface area contributed by atoms with Crippen LogP contribution in [0.2, 0.25) is 0 Å². The molecule has 33 heavy (non-hydrogen) atoms. The topological polar surface area (TPSA) is 86.9 Å². The number of nitrogens with zero attached hydrogens (tertiary/aromatic N) is 5. The molecule has 0 saturated carbocycles. The van der Waals surface area contributed by atoms with E-state index in [-0.39, 0.29) is 5.91 Å².